The normalized spacial score (nSPS) is 13.9. The van der Waals surface area contributed by atoms with Gasteiger partial charge in [-0.1, -0.05) is 6.92 Å². The molecule has 6 heteroatoms. The maximum Gasteiger partial charge on any atom is 0.150 e. The molecule has 0 radical (unpaired) electrons. The molecule has 0 aliphatic rings. The Kier molecular flexibility index (Phi) is 4.70. The first-order chi connectivity index (χ1) is 7.85. The summed E-state index contributed by atoms with van der Waals surface area (Å²) in [5.41, 5.74) is 7.91. The van der Waals surface area contributed by atoms with Crippen molar-refractivity contribution in [3.05, 3.63) is 17.5 Å². The van der Waals surface area contributed by atoms with Crippen LogP contribution in [-0.4, -0.2) is 29.7 Å². The highest BCUT2D eigenvalue weighted by atomic mass is 32.2. The third-order valence-electron chi connectivity index (χ3n) is 2.83. The van der Waals surface area contributed by atoms with Crippen molar-refractivity contribution in [2.45, 2.75) is 32.7 Å². The first-order valence-corrected chi connectivity index (χ1v) is 7.64. The third-order valence-corrected chi connectivity index (χ3v) is 4.62. The first kappa shape index (κ1) is 14.2. The van der Waals surface area contributed by atoms with Gasteiger partial charge in [0.1, 0.15) is 9.84 Å². The summed E-state index contributed by atoms with van der Waals surface area (Å²) < 4.78 is 24.4. The van der Waals surface area contributed by atoms with E-state index in [0.717, 1.165) is 11.4 Å². The maximum atomic E-state index is 11.3. The Bertz CT molecular complexity index is 465. The SMILES string of the molecule is CCS(=O)(=O)CCCC(N)c1cc(C)nn1C. The molecule has 0 bridgehead atoms. The van der Waals surface area contributed by atoms with E-state index in [9.17, 15) is 8.42 Å². The summed E-state index contributed by atoms with van der Waals surface area (Å²) in [4.78, 5) is 0. The Morgan fingerprint density at radius 1 is 1.53 bits per heavy atom. The number of aromatic nitrogens is 2. The van der Waals surface area contributed by atoms with Crippen molar-refractivity contribution in [3.8, 4) is 0 Å². The zero-order valence-corrected chi connectivity index (χ0v) is 11.5. The molecule has 1 heterocycles. The van der Waals surface area contributed by atoms with Crippen LogP contribution in [0.5, 0.6) is 0 Å². The van der Waals surface area contributed by atoms with Crippen LogP contribution in [0.4, 0.5) is 0 Å². The smallest absolute Gasteiger partial charge is 0.150 e. The Morgan fingerprint density at radius 3 is 2.65 bits per heavy atom. The molecule has 1 aromatic heterocycles. The largest absolute Gasteiger partial charge is 0.323 e. The van der Waals surface area contributed by atoms with E-state index in [1.165, 1.54) is 0 Å². The molecule has 0 aliphatic carbocycles. The van der Waals surface area contributed by atoms with Crippen molar-refractivity contribution >= 4 is 9.84 Å². The zero-order chi connectivity index (χ0) is 13.1. The van der Waals surface area contributed by atoms with Gasteiger partial charge >= 0.3 is 0 Å². The van der Waals surface area contributed by atoms with Gasteiger partial charge in [0, 0.05) is 18.8 Å². The van der Waals surface area contributed by atoms with E-state index in [1.807, 2.05) is 20.0 Å². The van der Waals surface area contributed by atoms with Gasteiger partial charge in [0.25, 0.3) is 0 Å². The molecule has 5 nitrogen and oxygen atoms in total. The topological polar surface area (TPSA) is 78.0 Å². The van der Waals surface area contributed by atoms with Gasteiger partial charge in [0.2, 0.25) is 0 Å². The average Bonchev–Trinajstić information content (AvgIpc) is 2.57. The fraction of sp³-hybridized carbons (Fsp3) is 0.727. The summed E-state index contributed by atoms with van der Waals surface area (Å²) in [6, 6.07) is 1.80. The number of nitrogens with zero attached hydrogens (tertiary/aromatic N) is 2. The maximum absolute atomic E-state index is 11.3. The van der Waals surface area contributed by atoms with Crippen LogP contribution >= 0.6 is 0 Å². The van der Waals surface area contributed by atoms with Crippen molar-refractivity contribution in [3.63, 3.8) is 0 Å². The van der Waals surface area contributed by atoms with Crippen LogP contribution < -0.4 is 5.73 Å². The van der Waals surface area contributed by atoms with Crippen molar-refractivity contribution < 1.29 is 8.42 Å². The molecule has 98 valence electrons. The van der Waals surface area contributed by atoms with Crippen LogP contribution in [0.3, 0.4) is 0 Å². The fourth-order valence-corrected chi connectivity index (χ4v) is 2.69. The quantitative estimate of drug-likeness (QED) is 0.825. The van der Waals surface area contributed by atoms with Crippen LogP contribution in [0, 0.1) is 6.92 Å². The van der Waals surface area contributed by atoms with Gasteiger partial charge in [-0.15, -0.1) is 0 Å². The second-order valence-electron chi connectivity index (χ2n) is 4.32. The van der Waals surface area contributed by atoms with Gasteiger partial charge < -0.3 is 5.73 Å². The Hall–Kier alpha value is -0.880. The summed E-state index contributed by atoms with van der Waals surface area (Å²) in [5.74, 6) is 0.418. The molecule has 0 aromatic carbocycles. The number of hydrogen-bond donors (Lipinski definition) is 1. The lowest BCUT2D eigenvalue weighted by molar-refractivity contribution is 0.562. The molecule has 0 saturated carbocycles. The predicted molar refractivity (Wildman–Crippen MR) is 68.4 cm³/mol. The fourth-order valence-electron chi connectivity index (χ4n) is 1.79. The zero-order valence-electron chi connectivity index (χ0n) is 10.7. The van der Waals surface area contributed by atoms with Crippen LogP contribution in [0.1, 0.15) is 37.2 Å². The number of nitrogens with two attached hydrogens (primary N) is 1. The number of aryl methyl sites for hydroxylation is 2. The summed E-state index contributed by atoms with van der Waals surface area (Å²) >= 11 is 0. The lowest BCUT2D eigenvalue weighted by Crippen LogP contribution is -2.17. The standard InChI is InChI=1S/C11H21N3O2S/c1-4-17(15,16)7-5-6-10(12)11-8-9(2)13-14(11)3/h8,10H,4-7,12H2,1-3H3. The van der Waals surface area contributed by atoms with E-state index < -0.39 is 9.84 Å². The molecule has 17 heavy (non-hydrogen) atoms. The molecule has 1 aromatic rings. The van der Waals surface area contributed by atoms with Gasteiger partial charge in [0.05, 0.1) is 17.1 Å². The summed E-state index contributed by atoms with van der Waals surface area (Å²) in [7, 11) is -1.03. The molecule has 2 N–H and O–H groups in total. The summed E-state index contributed by atoms with van der Waals surface area (Å²) in [5, 5.41) is 4.22. The van der Waals surface area contributed by atoms with Crippen LogP contribution in [-0.2, 0) is 16.9 Å². The van der Waals surface area contributed by atoms with Gasteiger partial charge in [-0.25, -0.2) is 8.42 Å². The lowest BCUT2D eigenvalue weighted by atomic mass is 10.1. The van der Waals surface area contributed by atoms with Crippen molar-refractivity contribution in [2.75, 3.05) is 11.5 Å². The molecule has 0 aliphatic heterocycles. The minimum absolute atomic E-state index is 0.145. The molecule has 0 spiro atoms. The number of rotatable bonds is 6. The Balaban J connectivity index is 2.51. The van der Waals surface area contributed by atoms with E-state index in [2.05, 4.69) is 5.10 Å². The molecular formula is C11H21N3O2S. The molecule has 1 rings (SSSR count). The number of hydrogen-bond acceptors (Lipinski definition) is 4. The van der Waals surface area contributed by atoms with E-state index in [1.54, 1.807) is 11.6 Å². The van der Waals surface area contributed by atoms with Crippen molar-refractivity contribution in [2.24, 2.45) is 12.8 Å². The molecule has 0 saturated heterocycles. The first-order valence-electron chi connectivity index (χ1n) is 5.82. The van der Waals surface area contributed by atoms with Gasteiger partial charge in [0.15, 0.2) is 0 Å². The second kappa shape index (κ2) is 5.64. The average molecular weight is 259 g/mol. The summed E-state index contributed by atoms with van der Waals surface area (Å²) in [6.45, 7) is 3.58. The van der Waals surface area contributed by atoms with Gasteiger partial charge in [-0.05, 0) is 25.8 Å². The van der Waals surface area contributed by atoms with Crippen LogP contribution in [0.25, 0.3) is 0 Å². The second-order valence-corrected chi connectivity index (χ2v) is 6.79. The van der Waals surface area contributed by atoms with E-state index >= 15 is 0 Å². The van der Waals surface area contributed by atoms with Crippen molar-refractivity contribution in [1.29, 1.82) is 0 Å². The van der Waals surface area contributed by atoms with Crippen molar-refractivity contribution in [1.82, 2.24) is 9.78 Å². The highest BCUT2D eigenvalue weighted by Crippen LogP contribution is 2.16. The monoisotopic (exact) mass is 259 g/mol. The molecule has 1 atom stereocenters. The third kappa shape index (κ3) is 4.12. The molecular weight excluding hydrogens is 238 g/mol. The van der Waals surface area contributed by atoms with E-state index in [4.69, 9.17) is 5.73 Å². The molecule has 0 fully saturated rings. The van der Waals surface area contributed by atoms with Gasteiger partial charge in [-0.2, -0.15) is 5.10 Å². The minimum atomic E-state index is -2.88. The summed E-state index contributed by atoms with van der Waals surface area (Å²) in [6.07, 6.45) is 1.26. The Morgan fingerprint density at radius 2 is 2.18 bits per heavy atom. The Labute approximate surface area is 103 Å². The minimum Gasteiger partial charge on any atom is -0.323 e. The van der Waals surface area contributed by atoms with Crippen LogP contribution in [0.2, 0.25) is 0 Å². The molecule has 0 amide bonds. The predicted octanol–water partition coefficient (Wildman–Crippen LogP) is 0.943. The lowest BCUT2D eigenvalue weighted by Gasteiger charge is -2.11. The number of sulfone groups is 1. The highest BCUT2D eigenvalue weighted by Gasteiger charge is 2.13. The molecule has 1 unspecified atom stereocenters. The van der Waals surface area contributed by atoms with Gasteiger partial charge in [-0.3, -0.25) is 4.68 Å². The van der Waals surface area contributed by atoms with E-state index in [0.29, 0.717) is 12.8 Å². The van der Waals surface area contributed by atoms with E-state index in [-0.39, 0.29) is 17.5 Å². The highest BCUT2D eigenvalue weighted by molar-refractivity contribution is 7.91. The van der Waals surface area contributed by atoms with Crippen LogP contribution in [0.15, 0.2) is 6.07 Å².